The van der Waals surface area contributed by atoms with Crippen molar-refractivity contribution >= 4 is 5.91 Å². The molecule has 3 unspecified atom stereocenters. The molecule has 3 nitrogen and oxygen atoms in total. The monoisotopic (exact) mass is 210 g/mol. The molecule has 1 aliphatic carbocycles. The smallest absolute Gasteiger partial charge is 0.239 e. The van der Waals surface area contributed by atoms with Crippen molar-refractivity contribution in [1.82, 2.24) is 10.2 Å². The van der Waals surface area contributed by atoms with Gasteiger partial charge in [-0.2, -0.15) is 0 Å². The number of piperidine rings is 1. The number of amides is 1. The first-order valence-corrected chi connectivity index (χ1v) is 6.24. The molecule has 1 amide bonds. The highest BCUT2D eigenvalue weighted by molar-refractivity contribution is 5.82. The SMILES string of the molecule is CCNC1CCCN(CC2CC2C)C1=O. The third kappa shape index (κ3) is 2.51. The Morgan fingerprint density at radius 2 is 2.27 bits per heavy atom. The van der Waals surface area contributed by atoms with Gasteiger partial charge in [-0.3, -0.25) is 4.79 Å². The molecule has 2 rings (SSSR count). The van der Waals surface area contributed by atoms with Crippen LogP contribution >= 0.6 is 0 Å². The molecular weight excluding hydrogens is 188 g/mol. The van der Waals surface area contributed by atoms with Crippen molar-refractivity contribution < 1.29 is 4.79 Å². The van der Waals surface area contributed by atoms with E-state index >= 15 is 0 Å². The first-order valence-electron chi connectivity index (χ1n) is 6.24. The van der Waals surface area contributed by atoms with E-state index in [1.165, 1.54) is 6.42 Å². The van der Waals surface area contributed by atoms with Crippen LogP contribution in [0.3, 0.4) is 0 Å². The summed E-state index contributed by atoms with van der Waals surface area (Å²) in [5.74, 6) is 1.97. The number of carbonyl (C=O) groups is 1. The number of likely N-dealkylation sites (tertiary alicyclic amines) is 1. The molecule has 0 aromatic heterocycles. The van der Waals surface area contributed by atoms with Crippen LogP contribution in [0.2, 0.25) is 0 Å². The Bertz CT molecular complexity index is 240. The van der Waals surface area contributed by atoms with Crippen LogP contribution in [0.1, 0.15) is 33.1 Å². The fourth-order valence-electron chi connectivity index (χ4n) is 2.49. The summed E-state index contributed by atoms with van der Waals surface area (Å²) >= 11 is 0. The van der Waals surface area contributed by atoms with Gasteiger partial charge in [-0.1, -0.05) is 13.8 Å². The number of rotatable bonds is 4. The van der Waals surface area contributed by atoms with Gasteiger partial charge in [0.1, 0.15) is 0 Å². The largest absolute Gasteiger partial charge is 0.341 e. The van der Waals surface area contributed by atoms with Crippen molar-refractivity contribution in [2.45, 2.75) is 39.2 Å². The van der Waals surface area contributed by atoms with Crippen LogP contribution in [-0.4, -0.2) is 36.5 Å². The second kappa shape index (κ2) is 4.52. The van der Waals surface area contributed by atoms with Gasteiger partial charge in [0.25, 0.3) is 0 Å². The Balaban J connectivity index is 1.85. The predicted molar refractivity (Wildman–Crippen MR) is 60.5 cm³/mol. The molecular formula is C12H22N2O. The van der Waals surface area contributed by atoms with Crippen LogP contribution in [0, 0.1) is 11.8 Å². The molecule has 2 aliphatic rings. The highest BCUT2D eigenvalue weighted by Gasteiger charge is 2.37. The summed E-state index contributed by atoms with van der Waals surface area (Å²) in [6.45, 7) is 7.21. The number of nitrogens with zero attached hydrogens (tertiary/aromatic N) is 1. The third-order valence-corrected chi connectivity index (χ3v) is 3.71. The number of nitrogens with one attached hydrogen (secondary N) is 1. The van der Waals surface area contributed by atoms with Crippen LogP contribution in [0.5, 0.6) is 0 Å². The molecule has 1 aliphatic heterocycles. The second-order valence-electron chi connectivity index (χ2n) is 5.01. The third-order valence-electron chi connectivity index (χ3n) is 3.71. The maximum atomic E-state index is 12.0. The molecule has 0 spiro atoms. The van der Waals surface area contributed by atoms with E-state index in [4.69, 9.17) is 0 Å². The average Bonchev–Trinajstić information content (AvgIpc) is 2.89. The minimum Gasteiger partial charge on any atom is -0.341 e. The molecule has 0 aromatic rings. The van der Waals surface area contributed by atoms with Gasteiger partial charge in [0, 0.05) is 13.1 Å². The number of likely N-dealkylation sites (N-methyl/N-ethyl adjacent to an activating group) is 1. The van der Waals surface area contributed by atoms with Crippen molar-refractivity contribution in [3.05, 3.63) is 0 Å². The number of carbonyl (C=O) groups excluding carboxylic acids is 1. The molecule has 1 N–H and O–H groups in total. The van der Waals surface area contributed by atoms with E-state index < -0.39 is 0 Å². The Labute approximate surface area is 92.2 Å². The minimum absolute atomic E-state index is 0.0952. The van der Waals surface area contributed by atoms with Gasteiger partial charge < -0.3 is 10.2 Å². The molecule has 0 bridgehead atoms. The Morgan fingerprint density at radius 1 is 1.53 bits per heavy atom. The van der Waals surface area contributed by atoms with Crippen molar-refractivity contribution in [2.24, 2.45) is 11.8 Å². The van der Waals surface area contributed by atoms with E-state index in [9.17, 15) is 4.79 Å². The highest BCUT2D eigenvalue weighted by Crippen LogP contribution is 2.38. The highest BCUT2D eigenvalue weighted by atomic mass is 16.2. The summed E-state index contributed by atoms with van der Waals surface area (Å²) in [6.07, 6.45) is 3.49. The summed E-state index contributed by atoms with van der Waals surface area (Å²) in [6, 6.07) is 0.0952. The fourth-order valence-corrected chi connectivity index (χ4v) is 2.49. The molecule has 0 aromatic carbocycles. The second-order valence-corrected chi connectivity index (χ2v) is 5.01. The van der Waals surface area contributed by atoms with Gasteiger partial charge in [-0.05, 0) is 37.6 Å². The zero-order valence-electron chi connectivity index (χ0n) is 9.83. The molecule has 15 heavy (non-hydrogen) atoms. The van der Waals surface area contributed by atoms with E-state index in [2.05, 4.69) is 24.1 Å². The zero-order valence-corrected chi connectivity index (χ0v) is 9.83. The molecule has 86 valence electrons. The van der Waals surface area contributed by atoms with Crippen molar-refractivity contribution in [3.63, 3.8) is 0 Å². The average molecular weight is 210 g/mol. The Hall–Kier alpha value is -0.570. The lowest BCUT2D eigenvalue weighted by molar-refractivity contribution is -0.136. The van der Waals surface area contributed by atoms with Gasteiger partial charge in [0.2, 0.25) is 5.91 Å². The van der Waals surface area contributed by atoms with E-state index in [-0.39, 0.29) is 6.04 Å². The molecule has 0 radical (unpaired) electrons. The Morgan fingerprint density at radius 3 is 2.87 bits per heavy atom. The molecule has 2 fully saturated rings. The Kier molecular flexibility index (Phi) is 3.29. The lowest BCUT2D eigenvalue weighted by atomic mass is 10.0. The first-order chi connectivity index (χ1) is 7.22. The van der Waals surface area contributed by atoms with E-state index in [1.54, 1.807) is 0 Å². The normalized spacial score (nSPS) is 35.7. The lowest BCUT2D eigenvalue weighted by Gasteiger charge is -2.32. The molecule has 1 saturated heterocycles. The van der Waals surface area contributed by atoms with Crippen molar-refractivity contribution in [3.8, 4) is 0 Å². The summed E-state index contributed by atoms with van der Waals surface area (Å²) in [5, 5.41) is 3.28. The zero-order chi connectivity index (χ0) is 10.8. The predicted octanol–water partition coefficient (Wildman–Crippen LogP) is 1.24. The minimum atomic E-state index is 0.0952. The molecule has 3 atom stereocenters. The lowest BCUT2D eigenvalue weighted by Crippen LogP contribution is -2.51. The van der Waals surface area contributed by atoms with Gasteiger partial charge in [-0.25, -0.2) is 0 Å². The molecule has 3 heteroatoms. The van der Waals surface area contributed by atoms with Gasteiger partial charge in [0.15, 0.2) is 0 Å². The van der Waals surface area contributed by atoms with E-state index in [0.717, 1.165) is 44.3 Å². The number of hydrogen-bond acceptors (Lipinski definition) is 2. The summed E-state index contributed by atoms with van der Waals surface area (Å²) in [7, 11) is 0. The summed E-state index contributed by atoms with van der Waals surface area (Å²) < 4.78 is 0. The number of hydrogen-bond donors (Lipinski definition) is 1. The van der Waals surface area contributed by atoms with E-state index in [0.29, 0.717) is 5.91 Å². The fraction of sp³-hybridized carbons (Fsp3) is 0.917. The summed E-state index contributed by atoms with van der Waals surface area (Å²) in [5.41, 5.74) is 0. The quantitative estimate of drug-likeness (QED) is 0.757. The van der Waals surface area contributed by atoms with E-state index in [1.807, 2.05) is 0 Å². The van der Waals surface area contributed by atoms with Crippen molar-refractivity contribution in [1.29, 1.82) is 0 Å². The van der Waals surface area contributed by atoms with Gasteiger partial charge in [-0.15, -0.1) is 0 Å². The van der Waals surface area contributed by atoms with Crippen molar-refractivity contribution in [2.75, 3.05) is 19.6 Å². The van der Waals surface area contributed by atoms with Crippen LogP contribution in [0.4, 0.5) is 0 Å². The molecule has 1 saturated carbocycles. The maximum absolute atomic E-state index is 12.0. The van der Waals surface area contributed by atoms with Crippen LogP contribution in [-0.2, 0) is 4.79 Å². The molecule has 1 heterocycles. The topological polar surface area (TPSA) is 32.3 Å². The van der Waals surface area contributed by atoms with Gasteiger partial charge in [0.05, 0.1) is 6.04 Å². The van der Waals surface area contributed by atoms with Crippen LogP contribution in [0.25, 0.3) is 0 Å². The van der Waals surface area contributed by atoms with Crippen LogP contribution < -0.4 is 5.32 Å². The standard InChI is InChI=1S/C12H22N2O/c1-3-13-11-5-4-6-14(12(11)15)8-10-7-9(10)2/h9-11,13H,3-8H2,1-2H3. The first kappa shape index (κ1) is 10.9. The van der Waals surface area contributed by atoms with Gasteiger partial charge >= 0.3 is 0 Å². The maximum Gasteiger partial charge on any atom is 0.239 e. The van der Waals surface area contributed by atoms with Crippen LogP contribution in [0.15, 0.2) is 0 Å². The summed E-state index contributed by atoms with van der Waals surface area (Å²) in [4.78, 5) is 14.1.